The van der Waals surface area contributed by atoms with Crippen molar-refractivity contribution < 1.29 is 5.11 Å². The molecule has 0 bridgehead atoms. The van der Waals surface area contributed by atoms with Gasteiger partial charge in [0.25, 0.3) is 0 Å². The van der Waals surface area contributed by atoms with Gasteiger partial charge in [-0.1, -0.05) is 34.8 Å². The monoisotopic (exact) mass is 380 g/mol. The summed E-state index contributed by atoms with van der Waals surface area (Å²) in [5.74, 6) is 1.01. The van der Waals surface area contributed by atoms with Gasteiger partial charge in [0.15, 0.2) is 11.6 Å². The number of rotatable bonds is 5. The maximum absolute atomic E-state index is 9.82. The first kappa shape index (κ1) is 16.9. The van der Waals surface area contributed by atoms with E-state index in [9.17, 15) is 5.11 Å². The normalized spacial score (nSPS) is 10.7. The predicted octanol–water partition coefficient (Wildman–Crippen LogP) is 5.73. The Hall–Kier alpha value is -0.460. The average Bonchev–Trinajstić information content (AvgIpc) is 2.40. The summed E-state index contributed by atoms with van der Waals surface area (Å²) in [6, 6.07) is 6.83. The van der Waals surface area contributed by atoms with Crippen LogP contribution in [0.4, 0.5) is 5.82 Å². The van der Waals surface area contributed by atoms with Crippen LogP contribution in [0.3, 0.4) is 0 Å². The van der Waals surface area contributed by atoms with Crippen molar-refractivity contribution in [3.63, 3.8) is 0 Å². The summed E-state index contributed by atoms with van der Waals surface area (Å²) in [5, 5.41) is 12.1. The zero-order valence-corrected chi connectivity index (χ0v) is 14.8. The van der Waals surface area contributed by atoms with E-state index in [1.807, 2.05) is 18.4 Å². The quantitative estimate of drug-likeness (QED) is 0.511. The summed E-state index contributed by atoms with van der Waals surface area (Å²) in [6.45, 7) is 0. The molecule has 0 aliphatic rings. The van der Waals surface area contributed by atoms with Crippen LogP contribution in [-0.4, -0.2) is 16.3 Å². The highest BCUT2D eigenvalue weighted by Gasteiger charge is 2.09. The van der Waals surface area contributed by atoms with Gasteiger partial charge in [0.2, 0.25) is 0 Å². The van der Waals surface area contributed by atoms with Crippen molar-refractivity contribution in [3.05, 3.63) is 44.9 Å². The van der Waals surface area contributed by atoms with E-state index >= 15 is 0 Å². The number of anilines is 1. The summed E-state index contributed by atoms with van der Waals surface area (Å²) in [7, 11) is 0. The molecule has 0 atom stereocenters. The van der Waals surface area contributed by atoms with Gasteiger partial charge in [-0.05, 0) is 42.0 Å². The minimum atomic E-state index is 0.00873. The lowest BCUT2D eigenvalue weighted by molar-refractivity contribution is 0.475. The summed E-state index contributed by atoms with van der Waals surface area (Å²) in [5.41, 5.74) is 0.976. The standard InChI is InChI=1S/C13H11Cl3N2OS2/c1-20-13-10(16)5-11(19)12(17-13)18-21-6-7-2-8(14)4-9(15)3-7/h2-5,19H,6H2,1H3,(H,17,18). The van der Waals surface area contributed by atoms with Crippen molar-refractivity contribution >= 4 is 64.3 Å². The molecule has 0 unspecified atom stereocenters. The molecule has 2 N–H and O–H groups in total. The van der Waals surface area contributed by atoms with Crippen molar-refractivity contribution in [1.29, 1.82) is 0 Å². The molecule has 0 radical (unpaired) electrons. The fourth-order valence-electron chi connectivity index (χ4n) is 1.56. The number of thioether (sulfide) groups is 1. The number of aromatic hydroxyl groups is 1. The highest BCUT2D eigenvalue weighted by Crippen LogP contribution is 2.33. The van der Waals surface area contributed by atoms with E-state index in [1.165, 1.54) is 29.8 Å². The highest BCUT2D eigenvalue weighted by molar-refractivity contribution is 7.99. The third-order valence-corrected chi connectivity index (χ3v) is 4.80. The van der Waals surface area contributed by atoms with Gasteiger partial charge in [0.1, 0.15) is 5.03 Å². The molecule has 0 saturated carbocycles. The zero-order chi connectivity index (χ0) is 15.4. The van der Waals surface area contributed by atoms with Crippen molar-refractivity contribution in [2.24, 2.45) is 0 Å². The first-order valence-electron chi connectivity index (χ1n) is 5.76. The predicted molar refractivity (Wildman–Crippen MR) is 94.1 cm³/mol. The molecule has 21 heavy (non-hydrogen) atoms. The molecule has 2 aromatic rings. The maximum Gasteiger partial charge on any atom is 0.179 e. The van der Waals surface area contributed by atoms with Gasteiger partial charge >= 0.3 is 0 Å². The molecule has 0 aliphatic carbocycles. The van der Waals surface area contributed by atoms with Crippen LogP contribution in [0.25, 0.3) is 0 Å². The van der Waals surface area contributed by atoms with Gasteiger partial charge in [-0.3, -0.25) is 0 Å². The number of hydrogen-bond donors (Lipinski definition) is 2. The molecular weight excluding hydrogens is 371 g/mol. The lowest BCUT2D eigenvalue weighted by atomic mass is 10.2. The van der Waals surface area contributed by atoms with Gasteiger partial charge in [0.05, 0.1) is 5.02 Å². The number of hydrogen-bond acceptors (Lipinski definition) is 5. The topological polar surface area (TPSA) is 45.2 Å². The Morgan fingerprint density at radius 3 is 2.43 bits per heavy atom. The van der Waals surface area contributed by atoms with E-state index in [2.05, 4.69) is 9.71 Å². The second-order valence-corrected chi connectivity index (χ2v) is 6.87. The molecule has 0 fully saturated rings. The first-order valence-corrected chi connectivity index (χ1v) is 9.10. The number of nitrogens with zero attached hydrogens (tertiary/aromatic N) is 1. The Morgan fingerprint density at radius 2 is 1.81 bits per heavy atom. The number of halogens is 3. The van der Waals surface area contributed by atoms with Crippen molar-refractivity contribution in [2.75, 3.05) is 11.0 Å². The van der Waals surface area contributed by atoms with Gasteiger partial charge in [0, 0.05) is 21.9 Å². The minimum Gasteiger partial charge on any atom is -0.504 e. The molecule has 0 amide bonds. The van der Waals surface area contributed by atoms with Crippen LogP contribution >= 0.6 is 58.5 Å². The molecule has 3 nitrogen and oxygen atoms in total. The molecule has 2 rings (SSSR count). The van der Waals surface area contributed by atoms with E-state index < -0.39 is 0 Å². The molecule has 1 aromatic heterocycles. The fraction of sp³-hybridized carbons (Fsp3) is 0.154. The van der Waals surface area contributed by atoms with Gasteiger partial charge in [-0.2, -0.15) is 0 Å². The van der Waals surface area contributed by atoms with Crippen molar-refractivity contribution in [1.82, 2.24) is 4.98 Å². The van der Waals surface area contributed by atoms with E-state index in [0.29, 0.717) is 31.7 Å². The van der Waals surface area contributed by atoms with Gasteiger partial charge < -0.3 is 9.83 Å². The van der Waals surface area contributed by atoms with Crippen LogP contribution in [0.15, 0.2) is 29.3 Å². The molecule has 8 heteroatoms. The number of benzene rings is 1. The minimum absolute atomic E-state index is 0.00873. The molecule has 0 aliphatic heterocycles. The van der Waals surface area contributed by atoms with E-state index in [4.69, 9.17) is 34.8 Å². The molecule has 112 valence electrons. The average molecular weight is 382 g/mol. The molecule has 1 aromatic carbocycles. The summed E-state index contributed by atoms with van der Waals surface area (Å²) in [6.07, 6.45) is 1.87. The second-order valence-electron chi connectivity index (χ2n) is 4.02. The Labute approximate surface area is 146 Å². The zero-order valence-electron chi connectivity index (χ0n) is 10.9. The Kier molecular flexibility index (Phi) is 6.20. The number of nitrogens with one attached hydrogen (secondary N) is 1. The lowest BCUT2D eigenvalue weighted by Gasteiger charge is -2.09. The largest absolute Gasteiger partial charge is 0.504 e. The van der Waals surface area contributed by atoms with Crippen LogP contribution < -0.4 is 4.72 Å². The van der Waals surface area contributed by atoms with Crippen molar-refractivity contribution in [3.8, 4) is 5.75 Å². The number of pyridine rings is 1. The highest BCUT2D eigenvalue weighted by atomic mass is 35.5. The Morgan fingerprint density at radius 1 is 1.14 bits per heavy atom. The van der Waals surface area contributed by atoms with Crippen LogP contribution in [0, 0.1) is 0 Å². The maximum atomic E-state index is 9.82. The summed E-state index contributed by atoms with van der Waals surface area (Å²) < 4.78 is 3.00. The van der Waals surface area contributed by atoms with E-state index in [0.717, 1.165) is 5.56 Å². The molecule has 1 heterocycles. The molecule has 0 saturated heterocycles. The van der Waals surface area contributed by atoms with E-state index in [-0.39, 0.29) is 5.75 Å². The Balaban J connectivity index is 2.03. The van der Waals surface area contributed by atoms with Crippen molar-refractivity contribution in [2.45, 2.75) is 10.8 Å². The third kappa shape index (κ3) is 4.76. The lowest BCUT2D eigenvalue weighted by Crippen LogP contribution is -1.94. The van der Waals surface area contributed by atoms with Crippen LogP contribution in [0.2, 0.25) is 15.1 Å². The molecular formula is C13H11Cl3N2OS2. The van der Waals surface area contributed by atoms with Crippen LogP contribution in [0.1, 0.15) is 5.56 Å². The van der Waals surface area contributed by atoms with E-state index in [1.54, 1.807) is 6.07 Å². The smallest absolute Gasteiger partial charge is 0.179 e. The van der Waals surface area contributed by atoms with Gasteiger partial charge in [-0.25, -0.2) is 4.98 Å². The third-order valence-electron chi connectivity index (χ3n) is 2.45. The molecule has 0 spiro atoms. The van der Waals surface area contributed by atoms with Crippen LogP contribution in [0.5, 0.6) is 5.75 Å². The summed E-state index contributed by atoms with van der Waals surface area (Å²) in [4.78, 5) is 4.25. The van der Waals surface area contributed by atoms with Crippen LogP contribution in [-0.2, 0) is 5.75 Å². The Bertz CT molecular complexity index is 635. The summed E-state index contributed by atoms with van der Waals surface area (Å²) >= 11 is 20.6. The second kappa shape index (κ2) is 7.70. The number of aromatic nitrogens is 1. The van der Waals surface area contributed by atoms with Gasteiger partial charge in [-0.15, -0.1) is 11.8 Å². The first-order chi connectivity index (χ1) is 9.99. The SMILES string of the molecule is CSc1nc(NSCc2cc(Cl)cc(Cl)c2)c(O)cc1Cl. The fourth-order valence-corrected chi connectivity index (χ4v) is 3.64.